The minimum Gasteiger partial charge on any atom is -0.468 e. The van der Waals surface area contributed by atoms with Crippen LogP contribution in [0.15, 0.2) is 47.4 Å². The summed E-state index contributed by atoms with van der Waals surface area (Å²) in [5, 5.41) is 21.5. The summed E-state index contributed by atoms with van der Waals surface area (Å²) in [4.78, 5) is 57.2. The summed E-state index contributed by atoms with van der Waals surface area (Å²) in [5.74, 6) is -1.46. The minimum atomic E-state index is -0.802. The quantitative estimate of drug-likeness (QED) is 0.259. The monoisotopic (exact) mass is 459 g/mol. The molecule has 1 saturated heterocycles. The van der Waals surface area contributed by atoms with Gasteiger partial charge in [-0.25, -0.2) is 0 Å². The van der Waals surface area contributed by atoms with E-state index in [4.69, 9.17) is 4.74 Å². The Balaban J connectivity index is 1.85. The van der Waals surface area contributed by atoms with Crippen LogP contribution in [0, 0.1) is 20.2 Å². The largest absolute Gasteiger partial charge is 0.468 e. The predicted molar refractivity (Wildman–Crippen MR) is 111 cm³/mol. The molecular formula is C19H13N3O9S. The number of methoxy groups -OCH3 is 1. The number of nitrogens with zero attached hydrogens (tertiary/aromatic N) is 3. The van der Waals surface area contributed by atoms with Gasteiger partial charge in [-0.1, -0.05) is 12.1 Å². The van der Waals surface area contributed by atoms with E-state index in [0.717, 1.165) is 30.2 Å². The maximum Gasteiger partial charge on any atom is 0.325 e. The minimum absolute atomic E-state index is 0.0670. The van der Waals surface area contributed by atoms with Crippen LogP contribution in [0.3, 0.4) is 0 Å². The van der Waals surface area contributed by atoms with Gasteiger partial charge in [-0.2, -0.15) is 0 Å². The van der Waals surface area contributed by atoms with Crippen molar-refractivity contribution in [3.63, 3.8) is 0 Å². The summed E-state index contributed by atoms with van der Waals surface area (Å²) in [7, 11) is 1.14. The van der Waals surface area contributed by atoms with Crippen LogP contribution in [-0.2, 0) is 14.3 Å². The molecule has 0 unspecified atom stereocenters. The summed E-state index contributed by atoms with van der Waals surface area (Å²) in [6, 6.07) is 9.08. The van der Waals surface area contributed by atoms with E-state index in [-0.39, 0.29) is 16.4 Å². The first-order chi connectivity index (χ1) is 15.2. The molecule has 164 valence electrons. The van der Waals surface area contributed by atoms with Gasteiger partial charge >= 0.3 is 11.7 Å². The Labute approximate surface area is 183 Å². The second-order valence-electron chi connectivity index (χ2n) is 6.18. The fraction of sp³-hybridized carbons (Fsp3) is 0.105. The number of imide groups is 1. The lowest BCUT2D eigenvalue weighted by molar-refractivity contribution is -0.394. The average Bonchev–Trinajstić information content (AvgIpc) is 3.01. The van der Waals surface area contributed by atoms with Crippen LogP contribution in [0.25, 0.3) is 6.08 Å². The van der Waals surface area contributed by atoms with Gasteiger partial charge in [0, 0.05) is 6.07 Å². The number of thioether (sulfide) groups is 1. The van der Waals surface area contributed by atoms with Crippen molar-refractivity contribution in [2.45, 2.75) is 0 Å². The Morgan fingerprint density at radius 2 is 1.88 bits per heavy atom. The van der Waals surface area contributed by atoms with Crippen molar-refractivity contribution in [2.75, 3.05) is 13.7 Å². The fourth-order valence-corrected chi connectivity index (χ4v) is 3.46. The van der Waals surface area contributed by atoms with Crippen molar-refractivity contribution < 1.29 is 33.7 Å². The molecule has 13 heteroatoms. The second-order valence-corrected chi connectivity index (χ2v) is 7.18. The van der Waals surface area contributed by atoms with Crippen LogP contribution >= 0.6 is 11.8 Å². The molecule has 1 aliphatic rings. The molecule has 0 bridgehead atoms. The van der Waals surface area contributed by atoms with Crippen molar-refractivity contribution in [3.05, 3.63) is 73.2 Å². The molecule has 0 radical (unpaired) electrons. The van der Waals surface area contributed by atoms with E-state index in [2.05, 4.69) is 4.74 Å². The summed E-state index contributed by atoms with van der Waals surface area (Å²) in [6.07, 6.45) is 1.40. The highest BCUT2D eigenvalue weighted by Crippen LogP contribution is 2.36. The first-order valence-electron chi connectivity index (χ1n) is 8.72. The molecule has 12 nitrogen and oxygen atoms in total. The van der Waals surface area contributed by atoms with Crippen LogP contribution in [0.5, 0.6) is 11.5 Å². The molecule has 2 aromatic rings. The predicted octanol–water partition coefficient (Wildman–Crippen LogP) is 3.50. The SMILES string of the molecule is COC(=O)CN1C(=O)S/C(=C\c2cccc(Oc3ccc([N+](=O)[O-])cc3[N+](=O)[O-])c2)C1=O. The highest BCUT2D eigenvalue weighted by atomic mass is 32.2. The highest BCUT2D eigenvalue weighted by molar-refractivity contribution is 8.18. The molecule has 0 spiro atoms. The van der Waals surface area contributed by atoms with Gasteiger partial charge < -0.3 is 9.47 Å². The number of hydrogen-bond donors (Lipinski definition) is 0. The third kappa shape index (κ3) is 4.89. The van der Waals surface area contributed by atoms with E-state index < -0.39 is 44.9 Å². The van der Waals surface area contributed by atoms with Gasteiger partial charge in [0.15, 0.2) is 0 Å². The summed E-state index contributed by atoms with van der Waals surface area (Å²) < 4.78 is 9.99. The number of carbonyl (C=O) groups is 3. The van der Waals surface area contributed by atoms with Crippen LogP contribution < -0.4 is 4.74 Å². The lowest BCUT2D eigenvalue weighted by atomic mass is 10.2. The van der Waals surface area contributed by atoms with Gasteiger partial charge in [0.1, 0.15) is 12.3 Å². The fourth-order valence-electron chi connectivity index (χ4n) is 2.62. The molecule has 32 heavy (non-hydrogen) atoms. The number of esters is 1. The van der Waals surface area contributed by atoms with Gasteiger partial charge in [0.05, 0.1) is 27.9 Å². The molecule has 0 aliphatic carbocycles. The van der Waals surface area contributed by atoms with Gasteiger partial charge in [-0.3, -0.25) is 39.5 Å². The molecule has 0 N–H and O–H groups in total. The third-order valence-electron chi connectivity index (χ3n) is 4.12. The van der Waals surface area contributed by atoms with Gasteiger partial charge in [-0.05, 0) is 41.6 Å². The molecule has 0 saturated carbocycles. The first-order valence-corrected chi connectivity index (χ1v) is 9.54. The molecule has 1 heterocycles. The Hall–Kier alpha value is -4.26. The topological polar surface area (TPSA) is 159 Å². The van der Waals surface area contributed by atoms with Crippen LogP contribution in [0.1, 0.15) is 5.56 Å². The molecule has 0 aromatic heterocycles. The molecular weight excluding hydrogens is 446 g/mol. The van der Waals surface area contributed by atoms with E-state index in [0.29, 0.717) is 17.3 Å². The number of amides is 2. The number of nitro groups is 2. The maximum absolute atomic E-state index is 12.4. The van der Waals surface area contributed by atoms with Crippen LogP contribution in [-0.4, -0.2) is 45.5 Å². The molecule has 0 atom stereocenters. The van der Waals surface area contributed by atoms with Crippen molar-refractivity contribution in [2.24, 2.45) is 0 Å². The van der Waals surface area contributed by atoms with Crippen molar-refractivity contribution in [3.8, 4) is 11.5 Å². The summed E-state index contributed by atoms with van der Waals surface area (Å²) in [5.41, 5.74) is -0.607. The standard InChI is InChI=1S/C19H13N3O9S/c1-30-17(23)10-20-18(24)16(32-19(20)25)8-11-3-2-4-13(7-11)31-15-6-5-12(21(26)27)9-14(15)22(28)29/h2-9H,10H2,1H3/b16-8-. The zero-order chi connectivity index (χ0) is 23.4. The number of carbonyl (C=O) groups excluding carboxylic acids is 3. The maximum atomic E-state index is 12.4. The number of nitro benzene ring substituents is 2. The lowest BCUT2D eigenvalue weighted by Gasteiger charge is -2.09. The zero-order valence-electron chi connectivity index (χ0n) is 16.3. The summed E-state index contributed by atoms with van der Waals surface area (Å²) >= 11 is 0.646. The Morgan fingerprint density at radius 3 is 2.53 bits per heavy atom. The van der Waals surface area contributed by atoms with Gasteiger partial charge in [-0.15, -0.1) is 0 Å². The van der Waals surface area contributed by atoms with Crippen LogP contribution in [0.2, 0.25) is 0 Å². The Bertz CT molecular complexity index is 1180. The molecule has 1 fully saturated rings. The van der Waals surface area contributed by atoms with Gasteiger partial charge in [0.25, 0.3) is 16.8 Å². The summed E-state index contributed by atoms with van der Waals surface area (Å²) in [6.45, 7) is -0.508. The molecule has 2 aromatic carbocycles. The van der Waals surface area contributed by atoms with E-state index in [1.54, 1.807) is 12.1 Å². The van der Waals surface area contributed by atoms with Crippen molar-refractivity contribution in [1.29, 1.82) is 0 Å². The third-order valence-corrected chi connectivity index (χ3v) is 5.03. The van der Waals surface area contributed by atoms with Crippen molar-refractivity contribution in [1.82, 2.24) is 4.90 Å². The van der Waals surface area contributed by atoms with Crippen LogP contribution in [0.4, 0.5) is 16.2 Å². The van der Waals surface area contributed by atoms with E-state index in [1.807, 2.05) is 0 Å². The number of ether oxygens (including phenoxy) is 2. The lowest BCUT2D eigenvalue weighted by Crippen LogP contribution is -2.34. The van der Waals surface area contributed by atoms with E-state index >= 15 is 0 Å². The normalized spacial score (nSPS) is 14.5. The van der Waals surface area contributed by atoms with Gasteiger partial charge in [0.2, 0.25) is 5.75 Å². The number of rotatable bonds is 7. The Kier molecular flexibility index (Phi) is 6.49. The Morgan fingerprint density at radius 1 is 1.12 bits per heavy atom. The molecule has 1 aliphatic heterocycles. The molecule has 2 amide bonds. The highest BCUT2D eigenvalue weighted by Gasteiger charge is 2.36. The van der Waals surface area contributed by atoms with E-state index in [1.165, 1.54) is 18.2 Å². The van der Waals surface area contributed by atoms with E-state index in [9.17, 15) is 34.6 Å². The smallest absolute Gasteiger partial charge is 0.325 e. The zero-order valence-corrected chi connectivity index (χ0v) is 17.1. The average molecular weight is 459 g/mol. The number of non-ortho nitro benzene ring substituents is 1. The molecule has 3 rings (SSSR count). The first kappa shape index (κ1) is 22.4. The van der Waals surface area contributed by atoms with Crippen molar-refractivity contribution >= 4 is 46.3 Å². The number of hydrogen-bond acceptors (Lipinski definition) is 10. The number of benzene rings is 2. The second kappa shape index (κ2) is 9.26.